The standard InChI is InChI=1S/C26H27BO5/c1-26(2,25(29)30)15-5-8-23(28)22-14-9-18-6-3-4-7-21(18)24(22)32-17-16-31-20-12-10-19(27)11-13-20/h3-4,6-7,9-14H,5,8,15-17H2,1-2H3,(H,29,30). The summed E-state index contributed by atoms with van der Waals surface area (Å²) in [6.45, 7) is 3.93. The Bertz CT molecular complexity index is 1090. The number of hydrogen-bond acceptors (Lipinski definition) is 4. The van der Waals surface area contributed by atoms with E-state index in [1.54, 1.807) is 44.2 Å². The first-order valence-corrected chi connectivity index (χ1v) is 10.7. The molecule has 0 saturated carbocycles. The van der Waals surface area contributed by atoms with E-state index in [2.05, 4.69) is 0 Å². The van der Waals surface area contributed by atoms with Gasteiger partial charge in [-0.3, -0.25) is 9.59 Å². The Kier molecular flexibility index (Phi) is 7.57. The molecule has 0 aliphatic rings. The Morgan fingerprint density at radius 3 is 2.34 bits per heavy atom. The van der Waals surface area contributed by atoms with Crippen LogP contribution >= 0.6 is 0 Å². The van der Waals surface area contributed by atoms with Gasteiger partial charge in [0.25, 0.3) is 0 Å². The molecule has 0 aromatic heterocycles. The minimum atomic E-state index is -0.860. The fourth-order valence-corrected chi connectivity index (χ4v) is 3.42. The first-order valence-electron chi connectivity index (χ1n) is 10.7. The number of Topliss-reactive ketones (excluding diaryl/α,β-unsaturated/α-hetero) is 1. The maximum absolute atomic E-state index is 13.0. The molecule has 0 atom stereocenters. The highest BCUT2D eigenvalue weighted by molar-refractivity contribution is 6.32. The molecule has 3 aromatic rings. The second kappa shape index (κ2) is 10.4. The molecule has 5 nitrogen and oxygen atoms in total. The van der Waals surface area contributed by atoms with Crippen molar-refractivity contribution in [1.82, 2.24) is 0 Å². The summed E-state index contributed by atoms with van der Waals surface area (Å²) in [6, 6.07) is 18.5. The predicted octanol–water partition coefficient (Wildman–Crippen LogP) is 4.56. The molecule has 1 N–H and O–H groups in total. The number of rotatable bonds is 11. The molecule has 164 valence electrons. The van der Waals surface area contributed by atoms with Crippen molar-refractivity contribution in [2.75, 3.05) is 13.2 Å². The Hall–Kier alpha value is -3.28. The Labute approximate surface area is 189 Å². The molecule has 3 rings (SSSR count). The second-order valence-corrected chi connectivity index (χ2v) is 8.40. The molecule has 0 unspecified atom stereocenters. The van der Waals surface area contributed by atoms with E-state index in [0.29, 0.717) is 42.0 Å². The number of benzene rings is 3. The SMILES string of the molecule is [B]c1ccc(OCCOc2c(C(=O)CCCC(C)(C)C(=O)O)ccc3ccccc23)cc1. The van der Waals surface area contributed by atoms with E-state index in [4.69, 9.17) is 17.3 Å². The Balaban J connectivity index is 1.70. The first-order chi connectivity index (χ1) is 15.3. The molecule has 2 radical (unpaired) electrons. The third-order valence-electron chi connectivity index (χ3n) is 5.44. The summed E-state index contributed by atoms with van der Waals surface area (Å²) < 4.78 is 11.7. The van der Waals surface area contributed by atoms with Gasteiger partial charge in [-0.15, -0.1) is 0 Å². The van der Waals surface area contributed by atoms with Crippen molar-refractivity contribution in [2.24, 2.45) is 5.41 Å². The molecule has 3 aromatic carbocycles. The van der Waals surface area contributed by atoms with Crippen molar-refractivity contribution in [3.63, 3.8) is 0 Å². The van der Waals surface area contributed by atoms with Crippen LogP contribution in [0.25, 0.3) is 10.8 Å². The van der Waals surface area contributed by atoms with Gasteiger partial charge in [-0.2, -0.15) is 0 Å². The number of hydrogen-bond donors (Lipinski definition) is 1. The number of fused-ring (bicyclic) bond motifs is 1. The van der Waals surface area contributed by atoms with Crippen molar-refractivity contribution < 1.29 is 24.2 Å². The normalized spacial score (nSPS) is 11.3. The summed E-state index contributed by atoms with van der Waals surface area (Å²) >= 11 is 0. The highest BCUT2D eigenvalue weighted by Crippen LogP contribution is 2.32. The highest BCUT2D eigenvalue weighted by Gasteiger charge is 2.27. The molecular formula is C26H27BO5. The van der Waals surface area contributed by atoms with Crippen LogP contribution in [0.15, 0.2) is 60.7 Å². The summed E-state index contributed by atoms with van der Waals surface area (Å²) in [6.07, 6.45) is 1.17. The first kappa shape index (κ1) is 23.4. The Morgan fingerprint density at radius 2 is 1.62 bits per heavy atom. The van der Waals surface area contributed by atoms with Crippen LogP contribution in [0.1, 0.15) is 43.5 Å². The van der Waals surface area contributed by atoms with E-state index in [1.807, 2.05) is 30.3 Å². The van der Waals surface area contributed by atoms with Gasteiger partial charge in [-0.25, -0.2) is 0 Å². The largest absolute Gasteiger partial charge is 0.490 e. The van der Waals surface area contributed by atoms with Crippen LogP contribution in [0.3, 0.4) is 0 Å². The third-order valence-corrected chi connectivity index (χ3v) is 5.44. The zero-order valence-electron chi connectivity index (χ0n) is 18.5. The number of ketones is 1. The highest BCUT2D eigenvalue weighted by atomic mass is 16.5. The van der Waals surface area contributed by atoms with Gasteiger partial charge in [-0.05, 0) is 50.3 Å². The molecule has 0 saturated heterocycles. The van der Waals surface area contributed by atoms with Crippen LogP contribution in [-0.2, 0) is 4.79 Å². The van der Waals surface area contributed by atoms with Crippen molar-refractivity contribution in [2.45, 2.75) is 33.1 Å². The van der Waals surface area contributed by atoms with Gasteiger partial charge in [0.05, 0.1) is 11.0 Å². The van der Waals surface area contributed by atoms with Crippen molar-refractivity contribution in [3.05, 3.63) is 66.2 Å². The van der Waals surface area contributed by atoms with Crippen molar-refractivity contribution >= 4 is 35.8 Å². The molecule has 0 heterocycles. The van der Waals surface area contributed by atoms with Crippen molar-refractivity contribution in [1.29, 1.82) is 0 Å². The second-order valence-electron chi connectivity index (χ2n) is 8.40. The Morgan fingerprint density at radius 1 is 0.938 bits per heavy atom. The van der Waals surface area contributed by atoms with Gasteiger partial charge in [0.2, 0.25) is 0 Å². The molecule has 0 aliphatic heterocycles. The lowest BCUT2D eigenvalue weighted by molar-refractivity contribution is -0.147. The lowest BCUT2D eigenvalue weighted by atomic mass is 9.86. The third kappa shape index (κ3) is 5.91. The summed E-state index contributed by atoms with van der Waals surface area (Å²) in [4.78, 5) is 24.3. The molecule has 0 fully saturated rings. The van der Waals surface area contributed by atoms with Crippen LogP contribution in [0.4, 0.5) is 0 Å². The fourth-order valence-electron chi connectivity index (χ4n) is 3.42. The van der Waals surface area contributed by atoms with E-state index < -0.39 is 11.4 Å². The molecule has 6 heteroatoms. The molecule has 0 amide bonds. The lowest BCUT2D eigenvalue weighted by Gasteiger charge is -2.19. The van der Waals surface area contributed by atoms with Crippen LogP contribution in [-0.4, -0.2) is 37.9 Å². The van der Waals surface area contributed by atoms with E-state index in [1.165, 1.54) is 0 Å². The molecular weight excluding hydrogens is 403 g/mol. The van der Waals surface area contributed by atoms with Gasteiger partial charge in [0, 0.05) is 11.8 Å². The van der Waals surface area contributed by atoms with Crippen LogP contribution in [0.5, 0.6) is 11.5 Å². The number of carboxylic acid groups (broad SMARTS) is 1. The monoisotopic (exact) mass is 430 g/mol. The number of ether oxygens (including phenoxy) is 2. The summed E-state index contributed by atoms with van der Waals surface area (Å²) in [5.41, 5.74) is 0.311. The summed E-state index contributed by atoms with van der Waals surface area (Å²) in [5, 5.41) is 11.1. The predicted molar refractivity (Wildman–Crippen MR) is 126 cm³/mol. The minimum absolute atomic E-state index is 0.0635. The summed E-state index contributed by atoms with van der Waals surface area (Å²) in [7, 11) is 5.69. The summed E-state index contributed by atoms with van der Waals surface area (Å²) in [5.74, 6) is 0.303. The van der Waals surface area contributed by atoms with Crippen LogP contribution < -0.4 is 14.9 Å². The average Bonchev–Trinajstić information content (AvgIpc) is 2.77. The van der Waals surface area contributed by atoms with Gasteiger partial charge < -0.3 is 14.6 Å². The van der Waals surface area contributed by atoms with E-state index in [0.717, 1.165) is 10.8 Å². The minimum Gasteiger partial charge on any atom is -0.490 e. The molecule has 32 heavy (non-hydrogen) atoms. The molecule has 0 bridgehead atoms. The van der Waals surface area contributed by atoms with Gasteiger partial charge in [-0.1, -0.05) is 47.9 Å². The molecule has 0 aliphatic carbocycles. The van der Waals surface area contributed by atoms with E-state index in [-0.39, 0.29) is 18.8 Å². The smallest absolute Gasteiger partial charge is 0.309 e. The topological polar surface area (TPSA) is 72.8 Å². The van der Waals surface area contributed by atoms with Crippen molar-refractivity contribution in [3.8, 4) is 11.5 Å². The maximum Gasteiger partial charge on any atom is 0.309 e. The van der Waals surface area contributed by atoms with Crippen LogP contribution in [0.2, 0.25) is 0 Å². The zero-order chi connectivity index (χ0) is 23.1. The van der Waals surface area contributed by atoms with Gasteiger partial charge >= 0.3 is 5.97 Å². The maximum atomic E-state index is 13.0. The van der Waals surface area contributed by atoms with Gasteiger partial charge in [0.15, 0.2) is 5.78 Å². The number of carbonyl (C=O) groups is 2. The number of carbonyl (C=O) groups excluding carboxylic acids is 1. The van der Waals surface area contributed by atoms with E-state index in [9.17, 15) is 14.7 Å². The average molecular weight is 430 g/mol. The van der Waals surface area contributed by atoms with Crippen LogP contribution in [0, 0.1) is 5.41 Å². The molecule has 0 spiro atoms. The zero-order valence-corrected chi connectivity index (χ0v) is 18.5. The number of carboxylic acids is 1. The lowest BCUT2D eigenvalue weighted by Crippen LogP contribution is -2.23. The fraction of sp³-hybridized carbons (Fsp3) is 0.308. The number of aliphatic carboxylic acids is 1. The van der Waals surface area contributed by atoms with Gasteiger partial charge in [0.1, 0.15) is 32.6 Å². The quantitative estimate of drug-likeness (QED) is 0.274. The van der Waals surface area contributed by atoms with E-state index >= 15 is 0 Å².